The Morgan fingerprint density at radius 2 is 1.96 bits per heavy atom. The molecule has 0 saturated carbocycles. The zero-order valence-corrected chi connectivity index (χ0v) is 16.6. The average molecular weight is 363 g/mol. The van der Waals surface area contributed by atoms with E-state index in [2.05, 4.69) is 12.1 Å². The third kappa shape index (κ3) is 6.61. The zero-order valence-electron chi connectivity index (χ0n) is 16.6. The minimum absolute atomic E-state index is 0.0155. The van der Waals surface area contributed by atoms with E-state index in [1.54, 1.807) is 7.11 Å². The molecule has 1 saturated heterocycles. The smallest absolute Gasteiger partial charge is 0.410 e. The van der Waals surface area contributed by atoms with Crippen molar-refractivity contribution in [1.29, 1.82) is 0 Å². The quantitative estimate of drug-likeness (QED) is 0.673. The Morgan fingerprint density at radius 1 is 1.23 bits per heavy atom. The van der Waals surface area contributed by atoms with Crippen molar-refractivity contribution in [2.24, 2.45) is 5.92 Å². The van der Waals surface area contributed by atoms with Crippen LogP contribution < -0.4 is 0 Å². The first-order chi connectivity index (χ1) is 12.4. The van der Waals surface area contributed by atoms with Gasteiger partial charge in [-0.15, -0.1) is 0 Å². The van der Waals surface area contributed by atoms with Crippen LogP contribution in [0.25, 0.3) is 0 Å². The molecular weight excluding hydrogens is 330 g/mol. The molecule has 1 aromatic carbocycles. The van der Waals surface area contributed by atoms with Gasteiger partial charge < -0.3 is 19.1 Å². The molecule has 0 spiro atoms. The number of ether oxygens (including phenoxy) is 3. The van der Waals surface area contributed by atoms with Crippen LogP contribution >= 0.6 is 0 Å². The van der Waals surface area contributed by atoms with Crippen LogP contribution in [0.15, 0.2) is 30.3 Å². The highest BCUT2D eigenvalue weighted by atomic mass is 16.6. The lowest BCUT2D eigenvalue weighted by molar-refractivity contribution is -0.0296. The van der Waals surface area contributed by atoms with Crippen molar-refractivity contribution < 1.29 is 19.0 Å². The number of benzene rings is 1. The number of methoxy groups -OCH3 is 1. The molecular formula is C21H33NO4. The molecule has 1 amide bonds. The standard InChI is InChI=1S/C21H33NO4/c1-21(2,3)26-20(23)22-13-8-12-18(16-22)19(25-15-9-14-24-4)17-10-6-5-7-11-17/h5-7,10-11,18-19H,8-9,12-16H2,1-4H3. The van der Waals surface area contributed by atoms with Crippen molar-refractivity contribution >= 4 is 6.09 Å². The molecule has 146 valence electrons. The van der Waals surface area contributed by atoms with Crippen molar-refractivity contribution in [3.63, 3.8) is 0 Å². The summed E-state index contributed by atoms with van der Waals surface area (Å²) < 4.78 is 16.9. The number of carbonyl (C=O) groups is 1. The van der Waals surface area contributed by atoms with Crippen molar-refractivity contribution in [3.8, 4) is 0 Å². The first-order valence-electron chi connectivity index (χ1n) is 9.54. The second kappa shape index (κ2) is 9.93. The maximum atomic E-state index is 12.5. The molecule has 2 atom stereocenters. The molecule has 0 aromatic heterocycles. The lowest BCUT2D eigenvalue weighted by Crippen LogP contribution is -2.44. The summed E-state index contributed by atoms with van der Waals surface area (Å²) in [5.41, 5.74) is 0.695. The third-order valence-corrected chi connectivity index (χ3v) is 4.46. The molecule has 0 N–H and O–H groups in total. The van der Waals surface area contributed by atoms with Gasteiger partial charge in [0.15, 0.2) is 0 Å². The van der Waals surface area contributed by atoms with Crippen LogP contribution in [0.1, 0.15) is 51.7 Å². The van der Waals surface area contributed by atoms with E-state index in [9.17, 15) is 4.79 Å². The molecule has 1 heterocycles. The number of piperidine rings is 1. The van der Waals surface area contributed by atoms with Gasteiger partial charge in [-0.25, -0.2) is 4.79 Å². The summed E-state index contributed by atoms with van der Waals surface area (Å²) in [6.07, 6.45) is 2.63. The first-order valence-corrected chi connectivity index (χ1v) is 9.54. The average Bonchev–Trinajstić information content (AvgIpc) is 2.61. The molecule has 0 aliphatic carbocycles. The fraction of sp³-hybridized carbons (Fsp3) is 0.667. The molecule has 1 aliphatic rings. The van der Waals surface area contributed by atoms with Gasteiger partial charge >= 0.3 is 6.09 Å². The zero-order chi connectivity index (χ0) is 19.0. The van der Waals surface area contributed by atoms with Crippen LogP contribution in [-0.2, 0) is 14.2 Å². The fourth-order valence-corrected chi connectivity index (χ4v) is 3.31. The maximum Gasteiger partial charge on any atom is 0.410 e. The topological polar surface area (TPSA) is 48.0 Å². The molecule has 26 heavy (non-hydrogen) atoms. The normalized spacial score (nSPS) is 19.2. The lowest BCUT2D eigenvalue weighted by Gasteiger charge is -2.37. The second-order valence-electron chi connectivity index (χ2n) is 7.88. The van der Waals surface area contributed by atoms with Crippen LogP contribution in [0.2, 0.25) is 0 Å². The number of carbonyl (C=O) groups excluding carboxylic acids is 1. The van der Waals surface area contributed by atoms with E-state index in [1.807, 2.05) is 43.9 Å². The SMILES string of the molecule is COCCCOC(c1ccccc1)C1CCCN(C(=O)OC(C)(C)C)C1. The van der Waals surface area contributed by atoms with Crippen LogP contribution in [0, 0.1) is 5.92 Å². The van der Waals surface area contributed by atoms with Gasteiger partial charge in [0.25, 0.3) is 0 Å². The molecule has 1 aromatic rings. The van der Waals surface area contributed by atoms with Crippen molar-refractivity contribution in [3.05, 3.63) is 35.9 Å². The summed E-state index contributed by atoms with van der Waals surface area (Å²) >= 11 is 0. The maximum absolute atomic E-state index is 12.5. The Hall–Kier alpha value is -1.59. The summed E-state index contributed by atoms with van der Waals surface area (Å²) in [7, 11) is 1.70. The first kappa shape index (κ1) is 20.7. The number of likely N-dealkylation sites (tertiary alicyclic amines) is 1. The Morgan fingerprint density at radius 3 is 2.62 bits per heavy atom. The van der Waals surface area contributed by atoms with E-state index >= 15 is 0 Å². The van der Waals surface area contributed by atoms with E-state index in [0.29, 0.717) is 19.8 Å². The van der Waals surface area contributed by atoms with Crippen LogP contribution in [0.3, 0.4) is 0 Å². The molecule has 1 aliphatic heterocycles. The predicted octanol–water partition coefficient (Wildman–Crippen LogP) is 4.43. The molecule has 5 heteroatoms. The van der Waals surface area contributed by atoms with E-state index < -0.39 is 5.60 Å². The summed E-state index contributed by atoms with van der Waals surface area (Å²) in [6, 6.07) is 10.3. The lowest BCUT2D eigenvalue weighted by atomic mass is 9.88. The Balaban J connectivity index is 2.04. The van der Waals surface area contributed by atoms with Gasteiger partial charge in [-0.2, -0.15) is 0 Å². The number of amides is 1. The molecule has 5 nitrogen and oxygen atoms in total. The van der Waals surface area contributed by atoms with Crippen molar-refractivity contribution in [2.75, 3.05) is 33.4 Å². The van der Waals surface area contributed by atoms with Gasteiger partial charge in [0.1, 0.15) is 5.60 Å². The van der Waals surface area contributed by atoms with Gasteiger partial charge in [-0.05, 0) is 45.6 Å². The summed E-state index contributed by atoms with van der Waals surface area (Å²) in [4.78, 5) is 14.3. The number of hydrogen-bond donors (Lipinski definition) is 0. The van der Waals surface area contributed by atoms with Crippen LogP contribution in [-0.4, -0.2) is 50.0 Å². The highest BCUT2D eigenvalue weighted by Crippen LogP contribution is 2.33. The predicted molar refractivity (Wildman–Crippen MR) is 102 cm³/mol. The van der Waals surface area contributed by atoms with E-state index in [-0.39, 0.29) is 18.1 Å². The van der Waals surface area contributed by atoms with Gasteiger partial charge in [-0.1, -0.05) is 30.3 Å². The van der Waals surface area contributed by atoms with Crippen LogP contribution in [0.4, 0.5) is 4.79 Å². The highest BCUT2D eigenvalue weighted by molar-refractivity contribution is 5.68. The summed E-state index contributed by atoms with van der Waals surface area (Å²) in [5.74, 6) is 0.265. The molecule has 2 rings (SSSR count). The fourth-order valence-electron chi connectivity index (χ4n) is 3.31. The van der Waals surface area contributed by atoms with Crippen molar-refractivity contribution in [1.82, 2.24) is 4.90 Å². The molecule has 1 fully saturated rings. The Bertz CT molecular complexity index is 541. The third-order valence-electron chi connectivity index (χ3n) is 4.46. The second-order valence-corrected chi connectivity index (χ2v) is 7.88. The number of hydrogen-bond acceptors (Lipinski definition) is 4. The largest absolute Gasteiger partial charge is 0.444 e. The van der Waals surface area contributed by atoms with Crippen molar-refractivity contribution in [2.45, 2.75) is 51.7 Å². The van der Waals surface area contributed by atoms with Gasteiger partial charge in [0.2, 0.25) is 0 Å². The highest BCUT2D eigenvalue weighted by Gasteiger charge is 2.32. The monoisotopic (exact) mass is 363 g/mol. The molecule has 2 unspecified atom stereocenters. The molecule has 0 bridgehead atoms. The minimum atomic E-state index is -0.473. The van der Waals surface area contributed by atoms with Gasteiger partial charge in [0.05, 0.1) is 6.10 Å². The number of nitrogens with zero attached hydrogens (tertiary/aromatic N) is 1. The Labute approximate surface area is 157 Å². The van der Waals surface area contributed by atoms with E-state index in [4.69, 9.17) is 14.2 Å². The van der Waals surface area contributed by atoms with Gasteiger partial charge in [-0.3, -0.25) is 0 Å². The summed E-state index contributed by atoms with van der Waals surface area (Å²) in [6.45, 7) is 8.45. The minimum Gasteiger partial charge on any atom is -0.444 e. The van der Waals surface area contributed by atoms with E-state index in [1.165, 1.54) is 5.56 Å². The number of rotatable bonds is 7. The van der Waals surface area contributed by atoms with Gasteiger partial charge in [0, 0.05) is 39.3 Å². The van der Waals surface area contributed by atoms with E-state index in [0.717, 1.165) is 25.8 Å². The summed E-state index contributed by atoms with van der Waals surface area (Å²) in [5, 5.41) is 0. The van der Waals surface area contributed by atoms with Crippen LogP contribution in [0.5, 0.6) is 0 Å². The Kier molecular flexibility index (Phi) is 7.91. The molecule has 0 radical (unpaired) electrons.